The van der Waals surface area contributed by atoms with E-state index < -0.39 is 0 Å². The van der Waals surface area contributed by atoms with E-state index in [4.69, 9.17) is 4.74 Å². The third kappa shape index (κ3) is 6.02. The molecule has 0 bridgehead atoms. The zero-order valence-electron chi connectivity index (χ0n) is 13.5. The second-order valence-corrected chi connectivity index (χ2v) is 5.74. The molecule has 4 nitrogen and oxygen atoms in total. The fourth-order valence-corrected chi connectivity index (χ4v) is 2.16. The largest absolute Gasteiger partial charge is 0.379 e. The Balaban J connectivity index is 1.80. The highest BCUT2D eigenvalue weighted by atomic mass is 19.1. The van der Waals surface area contributed by atoms with Crippen LogP contribution in [0.25, 0.3) is 0 Å². The Morgan fingerprint density at radius 3 is 2.73 bits per heavy atom. The van der Waals surface area contributed by atoms with Crippen molar-refractivity contribution in [1.82, 2.24) is 10.2 Å². The SMILES string of the molecule is CCNC(=NCCOCC1CC1)N(C)Cc1ccc(F)cc1. The lowest BCUT2D eigenvalue weighted by atomic mass is 10.2. The summed E-state index contributed by atoms with van der Waals surface area (Å²) in [5.74, 6) is 1.43. The van der Waals surface area contributed by atoms with Gasteiger partial charge >= 0.3 is 0 Å². The molecule has 0 spiro atoms. The number of halogens is 1. The predicted octanol–water partition coefficient (Wildman–Crippen LogP) is 2.65. The first-order chi connectivity index (χ1) is 10.7. The quantitative estimate of drug-likeness (QED) is 0.456. The van der Waals surface area contributed by atoms with Crippen LogP contribution in [0.5, 0.6) is 0 Å². The minimum Gasteiger partial charge on any atom is -0.379 e. The van der Waals surface area contributed by atoms with Crippen molar-refractivity contribution in [3.8, 4) is 0 Å². The lowest BCUT2D eigenvalue weighted by Crippen LogP contribution is -2.38. The molecule has 22 heavy (non-hydrogen) atoms. The molecule has 0 heterocycles. The number of ether oxygens (including phenoxy) is 1. The molecule has 0 atom stereocenters. The predicted molar refractivity (Wildman–Crippen MR) is 87.4 cm³/mol. The summed E-state index contributed by atoms with van der Waals surface area (Å²) in [6.45, 7) is 5.74. The second-order valence-electron chi connectivity index (χ2n) is 5.74. The molecule has 1 aliphatic rings. The topological polar surface area (TPSA) is 36.9 Å². The van der Waals surface area contributed by atoms with Crippen LogP contribution in [0.15, 0.2) is 29.3 Å². The van der Waals surface area contributed by atoms with E-state index >= 15 is 0 Å². The average molecular weight is 307 g/mol. The summed E-state index contributed by atoms with van der Waals surface area (Å²) in [5.41, 5.74) is 1.06. The van der Waals surface area contributed by atoms with Crippen LogP contribution in [-0.4, -0.2) is 44.2 Å². The Morgan fingerprint density at radius 2 is 2.09 bits per heavy atom. The molecule has 1 aromatic rings. The number of nitrogens with zero attached hydrogens (tertiary/aromatic N) is 2. The molecule has 122 valence electrons. The summed E-state index contributed by atoms with van der Waals surface area (Å²) in [6.07, 6.45) is 2.62. The van der Waals surface area contributed by atoms with E-state index in [2.05, 4.69) is 10.3 Å². The number of nitrogens with one attached hydrogen (secondary N) is 1. The van der Waals surface area contributed by atoms with E-state index in [1.54, 1.807) is 12.1 Å². The van der Waals surface area contributed by atoms with Crippen molar-refractivity contribution in [2.24, 2.45) is 10.9 Å². The molecule has 1 saturated carbocycles. The van der Waals surface area contributed by atoms with Gasteiger partial charge < -0.3 is 15.0 Å². The third-order valence-corrected chi connectivity index (χ3v) is 3.58. The first-order valence-corrected chi connectivity index (χ1v) is 8.00. The summed E-state index contributed by atoms with van der Waals surface area (Å²) >= 11 is 0. The maximum atomic E-state index is 12.9. The second kappa shape index (κ2) is 8.73. The number of hydrogen-bond donors (Lipinski definition) is 1. The van der Waals surface area contributed by atoms with E-state index in [0.717, 1.165) is 30.6 Å². The van der Waals surface area contributed by atoms with Crippen LogP contribution in [0.1, 0.15) is 25.3 Å². The average Bonchev–Trinajstić information content (AvgIpc) is 3.32. The Morgan fingerprint density at radius 1 is 1.36 bits per heavy atom. The summed E-state index contributed by atoms with van der Waals surface area (Å²) in [5, 5.41) is 3.27. The molecule has 0 aromatic heterocycles. The molecule has 2 rings (SSSR count). The van der Waals surface area contributed by atoms with E-state index in [0.29, 0.717) is 19.7 Å². The number of rotatable bonds is 8. The standard InChI is InChI=1S/C17H26FN3O/c1-3-19-17(20-10-11-22-13-15-4-5-15)21(2)12-14-6-8-16(18)9-7-14/h6-9,15H,3-5,10-13H2,1-2H3,(H,19,20). The number of hydrogen-bond acceptors (Lipinski definition) is 2. The van der Waals surface area contributed by atoms with Gasteiger partial charge in [-0.25, -0.2) is 4.39 Å². The molecular weight excluding hydrogens is 281 g/mol. The van der Waals surface area contributed by atoms with Gasteiger partial charge in [-0.05, 0) is 43.4 Å². The molecular formula is C17H26FN3O. The highest BCUT2D eigenvalue weighted by Gasteiger charge is 2.20. The van der Waals surface area contributed by atoms with E-state index in [-0.39, 0.29) is 5.82 Å². The van der Waals surface area contributed by atoms with Gasteiger partial charge in [0.15, 0.2) is 5.96 Å². The van der Waals surface area contributed by atoms with Crippen molar-refractivity contribution in [2.75, 3.05) is 33.4 Å². The molecule has 1 N–H and O–H groups in total. The van der Waals surface area contributed by atoms with Crippen LogP contribution in [0.3, 0.4) is 0 Å². The van der Waals surface area contributed by atoms with Crippen LogP contribution in [0.2, 0.25) is 0 Å². The highest BCUT2D eigenvalue weighted by Crippen LogP contribution is 2.28. The number of guanidine groups is 1. The van der Waals surface area contributed by atoms with Gasteiger partial charge in [0, 0.05) is 26.7 Å². The van der Waals surface area contributed by atoms with Gasteiger partial charge in [-0.3, -0.25) is 4.99 Å². The Kier molecular flexibility index (Phi) is 6.65. The van der Waals surface area contributed by atoms with Gasteiger partial charge in [0.2, 0.25) is 0 Å². The third-order valence-electron chi connectivity index (χ3n) is 3.58. The zero-order chi connectivity index (χ0) is 15.8. The first kappa shape index (κ1) is 16.7. The summed E-state index contributed by atoms with van der Waals surface area (Å²) in [4.78, 5) is 6.62. The fraction of sp³-hybridized carbons (Fsp3) is 0.588. The molecule has 1 aromatic carbocycles. The van der Waals surface area contributed by atoms with Gasteiger partial charge in [-0.15, -0.1) is 0 Å². The Bertz CT molecular complexity index is 471. The van der Waals surface area contributed by atoms with E-state index in [1.165, 1.54) is 25.0 Å². The van der Waals surface area contributed by atoms with Crippen molar-refractivity contribution < 1.29 is 9.13 Å². The van der Waals surface area contributed by atoms with E-state index in [9.17, 15) is 4.39 Å². The highest BCUT2D eigenvalue weighted by molar-refractivity contribution is 5.79. The van der Waals surface area contributed by atoms with E-state index in [1.807, 2.05) is 18.9 Å². The Hall–Kier alpha value is -1.62. The van der Waals surface area contributed by atoms with Crippen LogP contribution < -0.4 is 5.32 Å². The maximum absolute atomic E-state index is 12.9. The van der Waals surface area contributed by atoms with Crippen molar-refractivity contribution in [2.45, 2.75) is 26.3 Å². The van der Waals surface area contributed by atoms with Crippen LogP contribution in [0, 0.1) is 11.7 Å². The summed E-state index contributed by atoms with van der Waals surface area (Å²) in [6, 6.07) is 6.57. The maximum Gasteiger partial charge on any atom is 0.194 e. The molecule has 0 radical (unpaired) electrons. The minimum absolute atomic E-state index is 0.209. The van der Waals surface area contributed by atoms with Crippen LogP contribution in [0.4, 0.5) is 4.39 Å². The van der Waals surface area contributed by atoms with Gasteiger partial charge in [0.1, 0.15) is 5.82 Å². The molecule has 5 heteroatoms. The Labute approximate surface area is 132 Å². The fourth-order valence-electron chi connectivity index (χ4n) is 2.16. The molecule has 1 aliphatic carbocycles. The minimum atomic E-state index is -0.209. The number of aliphatic imine (C=N–C) groups is 1. The van der Waals surface area contributed by atoms with Crippen molar-refractivity contribution in [3.63, 3.8) is 0 Å². The molecule has 0 aliphatic heterocycles. The van der Waals surface area contributed by atoms with Crippen LogP contribution in [-0.2, 0) is 11.3 Å². The van der Waals surface area contributed by atoms with Gasteiger partial charge in [0.05, 0.1) is 13.2 Å². The van der Waals surface area contributed by atoms with Crippen molar-refractivity contribution >= 4 is 5.96 Å². The molecule has 0 amide bonds. The molecule has 0 saturated heterocycles. The van der Waals surface area contributed by atoms with Crippen LogP contribution >= 0.6 is 0 Å². The van der Waals surface area contributed by atoms with Crippen molar-refractivity contribution in [3.05, 3.63) is 35.6 Å². The smallest absolute Gasteiger partial charge is 0.194 e. The molecule has 1 fully saturated rings. The number of benzene rings is 1. The normalized spacial score (nSPS) is 15.0. The van der Waals surface area contributed by atoms with Crippen molar-refractivity contribution in [1.29, 1.82) is 0 Å². The molecule has 0 unspecified atom stereocenters. The van der Waals surface area contributed by atoms with Gasteiger partial charge in [-0.1, -0.05) is 12.1 Å². The zero-order valence-corrected chi connectivity index (χ0v) is 13.5. The lowest BCUT2D eigenvalue weighted by Gasteiger charge is -2.22. The summed E-state index contributed by atoms with van der Waals surface area (Å²) in [7, 11) is 1.98. The monoisotopic (exact) mass is 307 g/mol. The lowest BCUT2D eigenvalue weighted by molar-refractivity contribution is 0.131. The van der Waals surface area contributed by atoms with Gasteiger partial charge in [-0.2, -0.15) is 0 Å². The first-order valence-electron chi connectivity index (χ1n) is 8.00. The van der Waals surface area contributed by atoms with Gasteiger partial charge in [0.25, 0.3) is 0 Å². The summed E-state index contributed by atoms with van der Waals surface area (Å²) < 4.78 is 18.5.